The maximum atomic E-state index is 13.4. The first-order valence-corrected chi connectivity index (χ1v) is 6.51. The minimum atomic E-state index is -4.47. The second-order valence-electron chi connectivity index (χ2n) is 3.00. The number of nitrogens with zero attached hydrogens (tertiary/aromatic N) is 1. The molecule has 0 fully saturated rings. The van der Waals surface area contributed by atoms with Gasteiger partial charge in [-0.3, -0.25) is 4.57 Å². The third kappa shape index (κ3) is 2.71. The van der Waals surface area contributed by atoms with Crippen molar-refractivity contribution in [1.82, 2.24) is 4.98 Å². The molecular weight excluding hydrogens is 277 g/mol. The van der Waals surface area contributed by atoms with E-state index in [0.717, 1.165) is 0 Å². The molecule has 1 aromatic heterocycles. The predicted molar refractivity (Wildman–Crippen MR) is 54.6 cm³/mol. The lowest BCUT2D eigenvalue weighted by Gasteiger charge is -2.18. The van der Waals surface area contributed by atoms with Crippen LogP contribution in [0.3, 0.4) is 0 Å². The molecule has 18 heavy (non-hydrogen) atoms. The number of rotatable bonds is 5. The van der Waals surface area contributed by atoms with Crippen LogP contribution in [0.2, 0.25) is 0 Å². The van der Waals surface area contributed by atoms with Crippen LogP contribution in [0.4, 0.5) is 17.6 Å². The van der Waals surface area contributed by atoms with Gasteiger partial charge in [-0.05, 0) is 13.8 Å². The highest BCUT2D eigenvalue weighted by atomic mass is 31.2. The number of pyridine rings is 1. The smallest absolute Gasteiger partial charge is 0.305 e. The zero-order valence-electron chi connectivity index (χ0n) is 9.55. The van der Waals surface area contributed by atoms with Gasteiger partial charge in [0.05, 0.1) is 13.2 Å². The van der Waals surface area contributed by atoms with Gasteiger partial charge in [-0.15, -0.1) is 0 Å². The van der Waals surface area contributed by atoms with Crippen LogP contribution >= 0.6 is 7.60 Å². The minimum absolute atomic E-state index is 0.221. The first-order chi connectivity index (χ1) is 8.37. The van der Waals surface area contributed by atoms with E-state index in [4.69, 9.17) is 0 Å². The van der Waals surface area contributed by atoms with Gasteiger partial charge in [-0.1, -0.05) is 0 Å². The van der Waals surface area contributed by atoms with Crippen molar-refractivity contribution in [2.75, 3.05) is 13.2 Å². The first kappa shape index (κ1) is 15.1. The van der Waals surface area contributed by atoms with E-state index in [2.05, 4.69) is 14.0 Å². The lowest BCUT2D eigenvalue weighted by Crippen LogP contribution is -2.23. The number of hydrogen-bond donors (Lipinski definition) is 0. The molecule has 9 heteroatoms. The van der Waals surface area contributed by atoms with E-state index in [1.807, 2.05) is 0 Å². The Labute approximate surface area is 100 Å². The van der Waals surface area contributed by atoms with Crippen molar-refractivity contribution in [1.29, 1.82) is 0 Å². The Hall–Kier alpha value is -0.980. The SMILES string of the molecule is CCOP(=O)(OCC)c1c(F)c(F)nc(F)c1F. The van der Waals surface area contributed by atoms with Crippen LogP contribution in [-0.2, 0) is 13.6 Å². The van der Waals surface area contributed by atoms with Crippen molar-refractivity contribution in [3.63, 3.8) is 0 Å². The molecule has 0 aliphatic carbocycles. The van der Waals surface area contributed by atoms with E-state index < -0.39 is 36.4 Å². The summed E-state index contributed by atoms with van der Waals surface area (Å²) < 4.78 is 73.9. The van der Waals surface area contributed by atoms with E-state index >= 15 is 0 Å². The van der Waals surface area contributed by atoms with Gasteiger partial charge in [0.1, 0.15) is 5.30 Å². The maximum Gasteiger partial charge on any atom is 0.367 e. The van der Waals surface area contributed by atoms with Crippen molar-refractivity contribution in [2.45, 2.75) is 13.8 Å². The first-order valence-electron chi connectivity index (χ1n) is 4.97. The molecule has 0 radical (unpaired) electrons. The van der Waals surface area contributed by atoms with Gasteiger partial charge >= 0.3 is 7.60 Å². The van der Waals surface area contributed by atoms with Crippen molar-refractivity contribution < 1.29 is 31.2 Å². The van der Waals surface area contributed by atoms with E-state index in [9.17, 15) is 22.1 Å². The Bertz CT molecular complexity index is 461. The zero-order chi connectivity index (χ0) is 13.9. The Balaban J connectivity index is 3.50. The van der Waals surface area contributed by atoms with Gasteiger partial charge in [0.25, 0.3) is 11.9 Å². The normalized spacial score (nSPS) is 11.9. The number of hydrogen-bond acceptors (Lipinski definition) is 4. The summed E-state index contributed by atoms with van der Waals surface area (Å²) in [4.78, 5) is 2.35. The monoisotopic (exact) mass is 287 g/mol. The van der Waals surface area contributed by atoms with Crippen LogP contribution in [0.5, 0.6) is 0 Å². The molecule has 1 aromatic rings. The Morgan fingerprint density at radius 2 is 1.39 bits per heavy atom. The summed E-state index contributed by atoms with van der Waals surface area (Å²) in [5.74, 6) is -7.61. The predicted octanol–water partition coefficient (Wildman–Crippen LogP) is 2.53. The summed E-state index contributed by atoms with van der Waals surface area (Å²) in [6, 6.07) is 0. The van der Waals surface area contributed by atoms with E-state index in [1.165, 1.54) is 13.8 Å². The summed E-state index contributed by atoms with van der Waals surface area (Å²) in [6.45, 7) is 2.33. The maximum absolute atomic E-state index is 13.4. The van der Waals surface area contributed by atoms with Crippen LogP contribution < -0.4 is 5.30 Å². The zero-order valence-corrected chi connectivity index (χ0v) is 10.4. The molecule has 0 aromatic carbocycles. The summed E-state index contributed by atoms with van der Waals surface area (Å²) in [5.41, 5.74) is 0. The van der Waals surface area contributed by atoms with Crippen LogP contribution in [0.15, 0.2) is 0 Å². The number of halogens is 4. The molecule has 0 unspecified atom stereocenters. The average Bonchev–Trinajstić information content (AvgIpc) is 2.27. The molecular formula is C9H10F4NO3P. The lowest BCUT2D eigenvalue weighted by molar-refractivity contribution is 0.227. The number of aromatic nitrogens is 1. The molecule has 0 saturated heterocycles. The molecule has 0 bridgehead atoms. The summed E-state index contributed by atoms with van der Waals surface area (Å²) in [7, 11) is -4.47. The highest BCUT2D eigenvalue weighted by Crippen LogP contribution is 2.48. The Kier molecular flexibility index (Phi) is 4.84. The molecule has 0 atom stereocenters. The standard InChI is InChI=1S/C9H10F4NO3P/c1-3-16-18(15,17-4-2)7-5(10)8(12)14-9(13)6(7)11/h3-4H2,1-2H3. The molecule has 0 amide bonds. The van der Waals surface area contributed by atoms with Gasteiger partial charge in [0.15, 0.2) is 11.6 Å². The van der Waals surface area contributed by atoms with Crippen molar-refractivity contribution in [3.8, 4) is 0 Å². The fraction of sp³-hybridized carbons (Fsp3) is 0.444. The van der Waals surface area contributed by atoms with Crippen LogP contribution in [0.1, 0.15) is 13.8 Å². The fourth-order valence-electron chi connectivity index (χ4n) is 1.22. The van der Waals surface area contributed by atoms with Gasteiger partial charge in [0.2, 0.25) is 0 Å². The molecule has 0 aliphatic rings. The van der Waals surface area contributed by atoms with E-state index in [0.29, 0.717) is 0 Å². The van der Waals surface area contributed by atoms with Crippen LogP contribution in [-0.4, -0.2) is 18.2 Å². The molecule has 0 aliphatic heterocycles. The second kappa shape index (κ2) is 5.77. The van der Waals surface area contributed by atoms with Gasteiger partial charge in [0, 0.05) is 0 Å². The topological polar surface area (TPSA) is 48.4 Å². The molecule has 0 N–H and O–H groups in total. The molecule has 0 saturated carbocycles. The molecule has 4 nitrogen and oxygen atoms in total. The highest BCUT2D eigenvalue weighted by molar-refractivity contribution is 7.62. The van der Waals surface area contributed by atoms with Crippen LogP contribution in [0.25, 0.3) is 0 Å². The molecule has 1 rings (SSSR count). The average molecular weight is 287 g/mol. The minimum Gasteiger partial charge on any atom is -0.305 e. The van der Waals surface area contributed by atoms with Crippen molar-refractivity contribution in [3.05, 3.63) is 23.5 Å². The lowest BCUT2D eigenvalue weighted by atomic mass is 10.4. The Morgan fingerprint density at radius 1 is 1.00 bits per heavy atom. The van der Waals surface area contributed by atoms with Crippen molar-refractivity contribution in [2.24, 2.45) is 0 Å². The van der Waals surface area contributed by atoms with Crippen LogP contribution in [0, 0.1) is 23.5 Å². The van der Waals surface area contributed by atoms with E-state index in [1.54, 1.807) is 0 Å². The summed E-state index contributed by atoms with van der Waals surface area (Å²) in [5, 5.41) is -1.41. The third-order valence-corrected chi connectivity index (χ3v) is 3.98. The van der Waals surface area contributed by atoms with E-state index in [-0.39, 0.29) is 13.2 Å². The van der Waals surface area contributed by atoms with Crippen molar-refractivity contribution >= 4 is 12.9 Å². The fourth-order valence-corrected chi connectivity index (χ4v) is 2.90. The van der Waals surface area contributed by atoms with Gasteiger partial charge in [-0.2, -0.15) is 13.8 Å². The molecule has 1 heterocycles. The quantitative estimate of drug-likeness (QED) is 0.474. The summed E-state index contributed by atoms with van der Waals surface area (Å²) >= 11 is 0. The van der Waals surface area contributed by atoms with Gasteiger partial charge in [-0.25, -0.2) is 8.78 Å². The van der Waals surface area contributed by atoms with Gasteiger partial charge < -0.3 is 9.05 Å². The second-order valence-corrected chi connectivity index (χ2v) is 4.96. The largest absolute Gasteiger partial charge is 0.367 e. The molecule has 0 spiro atoms. The third-order valence-electron chi connectivity index (χ3n) is 1.85. The summed E-state index contributed by atoms with van der Waals surface area (Å²) in [6.07, 6.45) is 0. The molecule has 102 valence electrons. The Morgan fingerprint density at radius 3 is 1.72 bits per heavy atom. The highest BCUT2D eigenvalue weighted by Gasteiger charge is 2.38.